The molecule has 0 saturated carbocycles. The van der Waals surface area contributed by atoms with Crippen LogP contribution in [0.2, 0.25) is 0 Å². The van der Waals surface area contributed by atoms with E-state index in [2.05, 4.69) is 41.0 Å². The first-order chi connectivity index (χ1) is 16.9. The van der Waals surface area contributed by atoms with Gasteiger partial charge in [0.2, 0.25) is 11.8 Å². The molecule has 0 bridgehead atoms. The van der Waals surface area contributed by atoms with Gasteiger partial charge in [0.1, 0.15) is 6.04 Å². The molecule has 184 valence electrons. The van der Waals surface area contributed by atoms with Crippen molar-refractivity contribution in [2.75, 3.05) is 11.9 Å². The standard InChI is InChI=1S/C29H35N3O3/c1-19(2)35-18-23-14-13-22(24-10-6-7-11-25(23)24)17-32-27-12-8-5-9-21(27)15-16-26(29(32)34)31-28(33)20(3)30-4/h5-14,19-20,26,30H,15-18H2,1-4H3,(H,31,33)/t20-,26?/m0/s1. The Labute approximate surface area is 207 Å². The van der Waals surface area contributed by atoms with E-state index >= 15 is 0 Å². The molecule has 0 saturated heterocycles. The molecule has 2 amide bonds. The van der Waals surface area contributed by atoms with E-state index in [1.54, 1.807) is 14.0 Å². The fourth-order valence-corrected chi connectivity index (χ4v) is 4.55. The molecular formula is C29H35N3O3. The second kappa shape index (κ2) is 11.0. The predicted molar refractivity (Wildman–Crippen MR) is 140 cm³/mol. The van der Waals surface area contributed by atoms with E-state index in [0.717, 1.165) is 39.6 Å². The third-order valence-corrected chi connectivity index (χ3v) is 6.70. The quantitative estimate of drug-likeness (QED) is 0.511. The lowest BCUT2D eigenvalue weighted by molar-refractivity contribution is -0.128. The zero-order valence-electron chi connectivity index (χ0n) is 21.0. The summed E-state index contributed by atoms with van der Waals surface area (Å²) in [5.74, 6) is -0.250. The van der Waals surface area contributed by atoms with Crippen LogP contribution < -0.4 is 15.5 Å². The molecule has 3 aromatic rings. The number of likely N-dealkylation sites (N-methyl/N-ethyl adjacent to an activating group) is 1. The highest BCUT2D eigenvalue weighted by Crippen LogP contribution is 2.31. The summed E-state index contributed by atoms with van der Waals surface area (Å²) in [6, 6.07) is 19.6. The average Bonchev–Trinajstić information content (AvgIpc) is 2.99. The highest BCUT2D eigenvalue weighted by atomic mass is 16.5. The lowest BCUT2D eigenvalue weighted by Gasteiger charge is -2.27. The summed E-state index contributed by atoms with van der Waals surface area (Å²) in [6.07, 6.45) is 1.45. The van der Waals surface area contributed by atoms with Gasteiger partial charge in [-0.15, -0.1) is 0 Å². The number of carbonyl (C=O) groups excluding carboxylic acids is 2. The van der Waals surface area contributed by atoms with Gasteiger partial charge in [0.25, 0.3) is 0 Å². The number of hydrogen-bond donors (Lipinski definition) is 2. The zero-order chi connectivity index (χ0) is 24.9. The molecule has 35 heavy (non-hydrogen) atoms. The largest absolute Gasteiger partial charge is 0.374 e. The van der Waals surface area contributed by atoms with Crippen LogP contribution in [-0.4, -0.2) is 37.0 Å². The van der Waals surface area contributed by atoms with Gasteiger partial charge >= 0.3 is 0 Å². The van der Waals surface area contributed by atoms with Crippen LogP contribution in [-0.2, 0) is 33.9 Å². The van der Waals surface area contributed by atoms with E-state index in [4.69, 9.17) is 4.74 Å². The molecule has 1 aliphatic heterocycles. The lowest BCUT2D eigenvalue weighted by Crippen LogP contribution is -2.52. The smallest absolute Gasteiger partial charge is 0.249 e. The van der Waals surface area contributed by atoms with Gasteiger partial charge in [-0.3, -0.25) is 9.59 Å². The van der Waals surface area contributed by atoms with Gasteiger partial charge in [-0.05, 0) is 74.2 Å². The van der Waals surface area contributed by atoms with Gasteiger partial charge in [-0.25, -0.2) is 0 Å². The van der Waals surface area contributed by atoms with E-state index < -0.39 is 6.04 Å². The molecular weight excluding hydrogens is 438 g/mol. The van der Waals surface area contributed by atoms with Gasteiger partial charge in [0.05, 0.1) is 25.3 Å². The maximum Gasteiger partial charge on any atom is 0.249 e. The van der Waals surface area contributed by atoms with Gasteiger partial charge in [0.15, 0.2) is 0 Å². The van der Waals surface area contributed by atoms with Crippen molar-refractivity contribution >= 4 is 28.3 Å². The number of nitrogens with zero attached hydrogens (tertiary/aromatic N) is 1. The molecule has 1 aliphatic rings. The lowest BCUT2D eigenvalue weighted by atomic mass is 9.99. The number of aryl methyl sites for hydroxylation is 1. The SMILES string of the molecule is CN[C@@H](C)C(=O)NC1CCc2ccccc2N(Cc2ccc(COC(C)C)c3ccccc23)C1=O. The second-order valence-electron chi connectivity index (χ2n) is 9.45. The van der Waals surface area contributed by atoms with Gasteiger partial charge < -0.3 is 20.3 Å². The fraction of sp³-hybridized carbons (Fsp3) is 0.379. The maximum absolute atomic E-state index is 13.8. The minimum Gasteiger partial charge on any atom is -0.374 e. The van der Waals surface area contributed by atoms with Crippen LogP contribution in [0.1, 0.15) is 43.9 Å². The predicted octanol–water partition coefficient (Wildman–Crippen LogP) is 4.34. The number of rotatable bonds is 8. The van der Waals surface area contributed by atoms with E-state index in [1.165, 1.54) is 0 Å². The number of ether oxygens (including phenoxy) is 1. The Kier molecular flexibility index (Phi) is 7.83. The van der Waals surface area contributed by atoms with Gasteiger partial charge in [-0.2, -0.15) is 0 Å². The average molecular weight is 474 g/mol. The van der Waals surface area contributed by atoms with Crippen molar-refractivity contribution in [2.24, 2.45) is 0 Å². The van der Waals surface area contributed by atoms with E-state index in [-0.39, 0.29) is 24.0 Å². The molecule has 0 fully saturated rings. The van der Waals surface area contributed by atoms with Crippen LogP contribution in [0.15, 0.2) is 60.7 Å². The first-order valence-corrected chi connectivity index (χ1v) is 12.4. The monoisotopic (exact) mass is 473 g/mol. The van der Waals surface area contributed by atoms with Crippen LogP contribution in [0, 0.1) is 0 Å². The number of benzene rings is 3. The number of anilines is 1. The third-order valence-electron chi connectivity index (χ3n) is 6.70. The van der Waals surface area contributed by atoms with Crippen LogP contribution >= 0.6 is 0 Å². The van der Waals surface area contributed by atoms with E-state index in [9.17, 15) is 9.59 Å². The topological polar surface area (TPSA) is 70.7 Å². The number of nitrogens with one attached hydrogen (secondary N) is 2. The Hall–Kier alpha value is -3.22. The van der Waals surface area contributed by atoms with Crippen molar-refractivity contribution in [1.29, 1.82) is 0 Å². The maximum atomic E-state index is 13.8. The highest BCUT2D eigenvalue weighted by Gasteiger charge is 2.32. The first-order valence-electron chi connectivity index (χ1n) is 12.4. The first kappa shape index (κ1) is 24.9. The summed E-state index contributed by atoms with van der Waals surface area (Å²) in [5.41, 5.74) is 4.22. The molecule has 1 unspecified atom stereocenters. The molecule has 6 nitrogen and oxygen atoms in total. The van der Waals surface area contributed by atoms with Crippen LogP contribution in [0.25, 0.3) is 10.8 Å². The van der Waals surface area contributed by atoms with E-state index in [1.807, 2.05) is 49.1 Å². The number of fused-ring (bicyclic) bond motifs is 2. The molecule has 3 aromatic carbocycles. The molecule has 0 aliphatic carbocycles. The Balaban J connectivity index is 1.70. The molecule has 0 spiro atoms. The Morgan fingerprint density at radius 1 is 1.00 bits per heavy atom. The van der Waals surface area contributed by atoms with Crippen LogP contribution in [0.3, 0.4) is 0 Å². The zero-order valence-corrected chi connectivity index (χ0v) is 21.0. The molecule has 0 aromatic heterocycles. The van der Waals surface area contributed by atoms with Crippen molar-refractivity contribution in [3.8, 4) is 0 Å². The number of hydrogen-bond acceptors (Lipinski definition) is 4. The summed E-state index contributed by atoms with van der Waals surface area (Å²) < 4.78 is 5.88. The molecule has 1 heterocycles. The number of amides is 2. The Morgan fingerprint density at radius 2 is 1.66 bits per heavy atom. The van der Waals surface area contributed by atoms with Crippen molar-refractivity contribution in [3.63, 3.8) is 0 Å². The minimum absolute atomic E-state index is 0.0806. The molecule has 2 N–H and O–H groups in total. The fourth-order valence-electron chi connectivity index (χ4n) is 4.55. The third kappa shape index (κ3) is 5.55. The minimum atomic E-state index is -0.573. The van der Waals surface area contributed by atoms with Crippen LogP contribution in [0.5, 0.6) is 0 Å². The van der Waals surface area contributed by atoms with Crippen molar-refractivity contribution < 1.29 is 14.3 Å². The Bertz CT molecular complexity index is 1210. The molecule has 2 atom stereocenters. The Morgan fingerprint density at radius 3 is 2.37 bits per heavy atom. The highest BCUT2D eigenvalue weighted by molar-refractivity contribution is 6.01. The second-order valence-corrected chi connectivity index (χ2v) is 9.45. The number of para-hydroxylation sites is 1. The molecule has 4 rings (SSSR count). The van der Waals surface area contributed by atoms with E-state index in [0.29, 0.717) is 19.6 Å². The summed E-state index contributed by atoms with van der Waals surface area (Å²) >= 11 is 0. The summed E-state index contributed by atoms with van der Waals surface area (Å²) in [5, 5.41) is 8.16. The van der Waals surface area contributed by atoms with Crippen LogP contribution in [0.4, 0.5) is 5.69 Å². The summed E-state index contributed by atoms with van der Waals surface area (Å²) in [4.78, 5) is 28.3. The van der Waals surface area contributed by atoms with Crippen molar-refractivity contribution in [1.82, 2.24) is 10.6 Å². The van der Waals surface area contributed by atoms with Crippen molar-refractivity contribution in [3.05, 3.63) is 77.4 Å². The normalized spacial score (nSPS) is 16.8. The molecule has 0 radical (unpaired) electrons. The molecule has 6 heteroatoms. The van der Waals surface area contributed by atoms with Gasteiger partial charge in [-0.1, -0.05) is 54.6 Å². The van der Waals surface area contributed by atoms with Crippen molar-refractivity contribution in [2.45, 2.75) is 65.0 Å². The van der Waals surface area contributed by atoms with Gasteiger partial charge in [0, 0.05) is 5.69 Å². The summed E-state index contributed by atoms with van der Waals surface area (Å²) in [6.45, 7) is 6.83. The number of carbonyl (C=O) groups is 2. The summed E-state index contributed by atoms with van der Waals surface area (Å²) in [7, 11) is 1.74.